The molecule has 1 unspecified atom stereocenters. The number of carbonyl (C=O) groups excluding carboxylic acids is 2. The average Bonchev–Trinajstić information content (AvgIpc) is 2.45. The van der Waals surface area contributed by atoms with Crippen LogP contribution >= 0.6 is 0 Å². The molecule has 2 amide bonds. The fourth-order valence-corrected chi connectivity index (χ4v) is 1.93. The maximum atomic E-state index is 12.2. The number of carboxylic acid groups (broad SMARTS) is 1. The Balaban J connectivity index is 2.29. The van der Waals surface area contributed by atoms with Crippen molar-refractivity contribution in [2.24, 2.45) is 5.73 Å². The van der Waals surface area contributed by atoms with Gasteiger partial charge in [-0.1, -0.05) is 24.3 Å². The minimum absolute atomic E-state index is 0.101. The summed E-state index contributed by atoms with van der Waals surface area (Å²) in [6.07, 6.45) is 0.979. The molecule has 1 aromatic carbocycles. The fraction of sp³-hybridized carbons (Fsp3) is 0.143. The Kier molecular flexibility index (Phi) is 4.13. The molecule has 0 bridgehead atoms. The molecule has 2 rings (SSSR count). The first-order valence-electron chi connectivity index (χ1n) is 6.14. The zero-order valence-corrected chi connectivity index (χ0v) is 10.9. The van der Waals surface area contributed by atoms with Crippen LogP contribution < -0.4 is 11.1 Å². The quantitative estimate of drug-likeness (QED) is 0.729. The largest absolute Gasteiger partial charge is 0.480 e. The van der Waals surface area contributed by atoms with E-state index >= 15 is 0 Å². The number of nitrogens with zero attached hydrogens (tertiary/aromatic N) is 1. The number of benzene rings is 1. The van der Waals surface area contributed by atoms with Gasteiger partial charge >= 0.3 is 5.97 Å². The molecule has 7 nitrogen and oxygen atoms in total. The summed E-state index contributed by atoms with van der Waals surface area (Å²) in [5.74, 6) is -2.81. The van der Waals surface area contributed by atoms with E-state index < -0.39 is 30.2 Å². The van der Waals surface area contributed by atoms with Gasteiger partial charge < -0.3 is 16.2 Å². The molecule has 1 heterocycles. The zero-order chi connectivity index (χ0) is 15.4. The van der Waals surface area contributed by atoms with Crippen LogP contribution in [0.1, 0.15) is 16.9 Å². The number of hydrogen-bond acceptors (Lipinski definition) is 4. The highest BCUT2D eigenvalue weighted by Gasteiger charge is 2.24. The number of carbonyl (C=O) groups is 3. The van der Waals surface area contributed by atoms with Gasteiger partial charge in [0.05, 0.1) is 6.42 Å². The standard InChI is InChI=1S/C14H13N3O4/c15-11(18)7-10(14(20)21)17-13(19)12-9-4-2-1-3-8(9)5-6-16-12/h1-6,10H,7H2,(H2,15,18)(H,17,19)(H,20,21). The van der Waals surface area contributed by atoms with E-state index in [2.05, 4.69) is 10.3 Å². The number of carboxylic acids is 1. The molecular weight excluding hydrogens is 274 g/mol. The summed E-state index contributed by atoms with van der Waals surface area (Å²) in [4.78, 5) is 38.0. The molecular formula is C14H13N3O4. The van der Waals surface area contributed by atoms with Crippen molar-refractivity contribution in [3.8, 4) is 0 Å². The predicted molar refractivity (Wildman–Crippen MR) is 74.4 cm³/mol. The highest BCUT2D eigenvalue weighted by molar-refractivity contribution is 6.06. The van der Waals surface area contributed by atoms with Gasteiger partial charge in [0.1, 0.15) is 11.7 Å². The molecule has 2 aromatic rings. The molecule has 7 heteroatoms. The molecule has 0 saturated heterocycles. The van der Waals surface area contributed by atoms with Crippen molar-refractivity contribution >= 4 is 28.6 Å². The van der Waals surface area contributed by atoms with Gasteiger partial charge in [-0.15, -0.1) is 0 Å². The van der Waals surface area contributed by atoms with Gasteiger partial charge in [-0.2, -0.15) is 0 Å². The van der Waals surface area contributed by atoms with Crippen molar-refractivity contribution in [1.29, 1.82) is 0 Å². The first kappa shape index (κ1) is 14.4. The number of aliphatic carboxylic acids is 1. The Hall–Kier alpha value is -2.96. The molecule has 0 radical (unpaired) electrons. The Labute approximate surface area is 119 Å². The Morgan fingerprint density at radius 1 is 1.24 bits per heavy atom. The summed E-state index contributed by atoms with van der Waals surface area (Å²) in [5.41, 5.74) is 5.07. The van der Waals surface area contributed by atoms with Crippen LogP contribution in [0, 0.1) is 0 Å². The van der Waals surface area contributed by atoms with Gasteiger partial charge in [0.15, 0.2) is 0 Å². The molecule has 0 aliphatic rings. The van der Waals surface area contributed by atoms with Crippen LogP contribution in [0.5, 0.6) is 0 Å². The number of nitrogens with two attached hydrogens (primary N) is 1. The number of fused-ring (bicyclic) bond motifs is 1. The highest BCUT2D eigenvalue weighted by atomic mass is 16.4. The molecule has 0 fully saturated rings. The van der Waals surface area contributed by atoms with Crippen molar-refractivity contribution in [2.45, 2.75) is 12.5 Å². The van der Waals surface area contributed by atoms with Gasteiger partial charge in [0.2, 0.25) is 5.91 Å². The van der Waals surface area contributed by atoms with Crippen LogP contribution in [0.4, 0.5) is 0 Å². The molecule has 0 aliphatic carbocycles. The molecule has 0 aliphatic heterocycles. The van der Waals surface area contributed by atoms with Crippen LogP contribution in [0.15, 0.2) is 36.5 Å². The number of rotatable bonds is 5. The lowest BCUT2D eigenvalue weighted by Gasteiger charge is -2.13. The monoisotopic (exact) mass is 287 g/mol. The van der Waals surface area contributed by atoms with Gasteiger partial charge in [0, 0.05) is 11.6 Å². The highest BCUT2D eigenvalue weighted by Crippen LogP contribution is 2.16. The summed E-state index contributed by atoms with van der Waals surface area (Å²) in [7, 11) is 0. The maximum Gasteiger partial charge on any atom is 0.326 e. The van der Waals surface area contributed by atoms with E-state index in [-0.39, 0.29) is 5.69 Å². The number of nitrogens with one attached hydrogen (secondary N) is 1. The Morgan fingerprint density at radius 3 is 2.62 bits per heavy atom. The van der Waals surface area contributed by atoms with Crippen LogP contribution in [-0.4, -0.2) is 33.9 Å². The summed E-state index contributed by atoms with van der Waals surface area (Å²) in [6, 6.07) is 7.45. The SMILES string of the molecule is NC(=O)CC(NC(=O)c1nccc2ccccc12)C(=O)O. The van der Waals surface area contributed by atoms with Crippen LogP contribution in [0.3, 0.4) is 0 Å². The first-order chi connectivity index (χ1) is 9.99. The second-order valence-electron chi connectivity index (χ2n) is 4.42. The lowest BCUT2D eigenvalue weighted by Crippen LogP contribution is -2.43. The third kappa shape index (κ3) is 3.33. The summed E-state index contributed by atoms with van der Waals surface area (Å²) >= 11 is 0. The number of primary amides is 1. The lowest BCUT2D eigenvalue weighted by atomic mass is 10.1. The number of amides is 2. The van der Waals surface area contributed by atoms with Gasteiger partial charge in [-0.05, 0) is 11.5 Å². The fourth-order valence-electron chi connectivity index (χ4n) is 1.93. The van der Waals surface area contributed by atoms with Crippen molar-refractivity contribution < 1.29 is 19.5 Å². The molecule has 4 N–H and O–H groups in total. The minimum Gasteiger partial charge on any atom is -0.480 e. The van der Waals surface area contributed by atoms with E-state index in [4.69, 9.17) is 10.8 Å². The van der Waals surface area contributed by atoms with Crippen molar-refractivity contribution in [3.05, 3.63) is 42.2 Å². The molecule has 1 aromatic heterocycles. The Bertz CT molecular complexity index is 709. The molecule has 1 atom stereocenters. The lowest BCUT2D eigenvalue weighted by molar-refractivity contribution is -0.140. The van der Waals surface area contributed by atoms with E-state index in [0.717, 1.165) is 5.39 Å². The van der Waals surface area contributed by atoms with E-state index in [9.17, 15) is 14.4 Å². The topological polar surface area (TPSA) is 122 Å². The third-order valence-corrected chi connectivity index (χ3v) is 2.90. The van der Waals surface area contributed by atoms with E-state index in [1.807, 2.05) is 12.1 Å². The Morgan fingerprint density at radius 2 is 1.95 bits per heavy atom. The van der Waals surface area contributed by atoms with Crippen LogP contribution in [0.2, 0.25) is 0 Å². The minimum atomic E-state index is -1.38. The smallest absolute Gasteiger partial charge is 0.326 e. The van der Waals surface area contributed by atoms with E-state index in [1.54, 1.807) is 18.2 Å². The van der Waals surface area contributed by atoms with E-state index in [0.29, 0.717) is 5.39 Å². The summed E-state index contributed by atoms with van der Waals surface area (Å²) in [5, 5.41) is 12.6. The molecule has 108 valence electrons. The number of aromatic nitrogens is 1. The molecule has 21 heavy (non-hydrogen) atoms. The van der Waals surface area contributed by atoms with E-state index in [1.165, 1.54) is 6.20 Å². The zero-order valence-electron chi connectivity index (χ0n) is 10.9. The van der Waals surface area contributed by atoms with Crippen LogP contribution in [-0.2, 0) is 9.59 Å². The number of hydrogen-bond donors (Lipinski definition) is 3. The van der Waals surface area contributed by atoms with Crippen molar-refractivity contribution in [2.75, 3.05) is 0 Å². The average molecular weight is 287 g/mol. The van der Waals surface area contributed by atoms with Gasteiger partial charge in [0.25, 0.3) is 5.91 Å². The maximum absolute atomic E-state index is 12.2. The second kappa shape index (κ2) is 6.00. The first-order valence-corrected chi connectivity index (χ1v) is 6.14. The van der Waals surface area contributed by atoms with Crippen LogP contribution in [0.25, 0.3) is 10.8 Å². The summed E-state index contributed by atoms with van der Waals surface area (Å²) < 4.78 is 0. The normalized spacial score (nSPS) is 11.8. The third-order valence-electron chi connectivity index (χ3n) is 2.90. The summed E-state index contributed by atoms with van der Waals surface area (Å²) in [6.45, 7) is 0. The van der Waals surface area contributed by atoms with Gasteiger partial charge in [-0.3, -0.25) is 14.6 Å². The van der Waals surface area contributed by atoms with Crippen molar-refractivity contribution in [1.82, 2.24) is 10.3 Å². The molecule has 0 saturated carbocycles. The number of pyridine rings is 1. The van der Waals surface area contributed by atoms with Gasteiger partial charge in [-0.25, -0.2) is 4.79 Å². The predicted octanol–water partition coefficient (Wildman–Crippen LogP) is 0.293. The second-order valence-corrected chi connectivity index (χ2v) is 4.42. The molecule has 0 spiro atoms. The van der Waals surface area contributed by atoms with Crippen molar-refractivity contribution in [3.63, 3.8) is 0 Å².